The maximum atomic E-state index is 11.2. The molecule has 0 aromatic carbocycles. The summed E-state index contributed by atoms with van der Waals surface area (Å²) in [5, 5.41) is 14.5. The number of nitrogens with zero attached hydrogens (tertiary/aromatic N) is 3. The average molecular weight is 295 g/mol. The van der Waals surface area contributed by atoms with Crippen LogP contribution in [0.5, 0.6) is 0 Å². The van der Waals surface area contributed by atoms with Gasteiger partial charge >= 0.3 is 5.69 Å². The molecule has 0 spiro atoms. The van der Waals surface area contributed by atoms with E-state index in [2.05, 4.69) is 15.3 Å². The quantitative estimate of drug-likeness (QED) is 0.527. The van der Waals surface area contributed by atoms with Gasteiger partial charge in [0.05, 0.1) is 4.92 Å². The van der Waals surface area contributed by atoms with Crippen molar-refractivity contribution in [1.82, 2.24) is 9.97 Å². The Bertz CT molecular complexity index is 592. The highest BCUT2D eigenvalue weighted by Gasteiger charge is 2.65. The van der Waals surface area contributed by atoms with Crippen molar-refractivity contribution in [3.63, 3.8) is 0 Å². The number of fused-ring (bicyclic) bond motifs is 5. The largest absolute Gasteiger partial charge is 0.361 e. The Balaban J connectivity index is 1.62. The minimum atomic E-state index is -0.430. The van der Waals surface area contributed by atoms with Crippen LogP contribution >= 0.6 is 11.6 Å². The van der Waals surface area contributed by atoms with Gasteiger partial charge in [-0.05, 0) is 61.5 Å². The maximum absolute atomic E-state index is 11.2. The number of nitro groups is 1. The lowest BCUT2D eigenvalue weighted by Gasteiger charge is -2.12. The van der Waals surface area contributed by atoms with Gasteiger partial charge in [0, 0.05) is 6.04 Å². The van der Waals surface area contributed by atoms with Crippen LogP contribution in [0.1, 0.15) is 25.0 Å². The molecular weight excluding hydrogens is 280 g/mol. The minimum absolute atomic E-state index is 0.0493. The molecule has 3 fully saturated rings. The highest BCUT2D eigenvalue weighted by molar-refractivity contribution is 6.28. The number of hydrogen-bond donors (Lipinski definition) is 1. The first-order valence-corrected chi connectivity index (χ1v) is 7.39. The Morgan fingerprint density at radius 3 is 2.55 bits per heavy atom. The van der Waals surface area contributed by atoms with Crippen molar-refractivity contribution in [1.29, 1.82) is 0 Å². The Labute approximate surface area is 121 Å². The molecule has 3 aliphatic carbocycles. The zero-order valence-corrected chi connectivity index (χ0v) is 11.8. The van der Waals surface area contributed by atoms with Crippen LogP contribution in [0.25, 0.3) is 0 Å². The van der Waals surface area contributed by atoms with Crippen molar-refractivity contribution in [2.45, 2.75) is 32.2 Å². The van der Waals surface area contributed by atoms with Gasteiger partial charge in [0.25, 0.3) is 0 Å². The molecule has 1 N–H and O–H groups in total. The van der Waals surface area contributed by atoms with Crippen molar-refractivity contribution in [2.24, 2.45) is 23.7 Å². The lowest BCUT2D eigenvalue weighted by atomic mass is 10.0. The first-order valence-electron chi connectivity index (χ1n) is 7.01. The summed E-state index contributed by atoms with van der Waals surface area (Å²) in [5.74, 6) is 3.26. The van der Waals surface area contributed by atoms with E-state index in [-0.39, 0.29) is 16.8 Å². The molecule has 4 unspecified atom stereocenters. The van der Waals surface area contributed by atoms with Crippen LogP contribution in [-0.4, -0.2) is 20.9 Å². The molecule has 3 aliphatic rings. The van der Waals surface area contributed by atoms with Gasteiger partial charge in [-0.2, -0.15) is 4.98 Å². The monoisotopic (exact) mass is 294 g/mol. The van der Waals surface area contributed by atoms with Crippen LogP contribution in [0.3, 0.4) is 0 Å². The summed E-state index contributed by atoms with van der Waals surface area (Å²) in [6.07, 6.45) is 3.98. The summed E-state index contributed by atoms with van der Waals surface area (Å²) >= 11 is 5.84. The van der Waals surface area contributed by atoms with Gasteiger partial charge in [-0.25, -0.2) is 4.98 Å². The summed E-state index contributed by atoms with van der Waals surface area (Å²) in [5.41, 5.74) is 0.262. The maximum Gasteiger partial charge on any atom is 0.332 e. The van der Waals surface area contributed by atoms with E-state index in [0.29, 0.717) is 23.6 Å². The summed E-state index contributed by atoms with van der Waals surface area (Å²) in [4.78, 5) is 18.7. The van der Waals surface area contributed by atoms with Gasteiger partial charge in [0.2, 0.25) is 11.1 Å². The van der Waals surface area contributed by atoms with E-state index in [4.69, 9.17) is 11.6 Å². The highest BCUT2D eigenvalue weighted by atomic mass is 35.5. The van der Waals surface area contributed by atoms with E-state index in [1.54, 1.807) is 6.92 Å². The summed E-state index contributed by atoms with van der Waals surface area (Å²) in [7, 11) is 0. The van der Waals surface area contributed by atoms with Gasteiger partial charge in [-0.3, -0.25) is 10.1 Å². The van der Waals surface area contributed by atoms with E-state index in [1.165, 1.54) is 19.3 Å². The molecule has 0 amide bonds. The second-order valence-corrected chi connectivity index (χ2v) is 6.53. The van der Waals surface area contributed by atoms with E-state index in [1.807, 2.05) is 0 Å². The van der Waals surface area contributed by atoms with Gasteiger partial charge in [-0.1, -0.05) is 0 Å². The van der Waals surface area contributed by atoms with Crippen molar-refractivity contribution in [3.05, 3.63) is 21.1 Å². The van der Waals surface area contributed by atoms with Gasteiger partial charge < -0.3 is 5.32 Å². The number of anilines is 1. The molecule has 1 aromatic heterocycles. The zero-order chi connectivity index (χ0) is 14.0. The van der Waals surface area contributed by atoms with Crippen molar-refractivity contribution < 1.29 is 4.92 Å². The predicted molar refractivity (Wildman–Crippen MR) is 73.7 cm³/mol. The third-order valence-corrected chi connectivity index (χ3v) is 5.42. The highest BCUT2D eigenvalue weighted by Crippen LogP contribution is 2.66. The molecule has 106 valence electrons. The SMILES string of the molecule is Cc1nc(Cl)nc(NC2C3C4CCC(C4)C23)c1[N+](=O)[O-]. The summed E-state index contributed by atoms with van der Waals surface area (Å²) in [6, 6.07) is 0.338. The molecule has 0 radical (unpaired) electrons. The fourth-order valence-electron chi connectivity index (χ4n) is 4.53. The third-order valence-electron chi connectivity index (χ3n) is 5.25. The molecule has 7 heteroatoms. The molecule has 3 saturated carbocycles. The molecular formula is C13H15ClN4O2. The van der Waals surface area contributed by atoms with E-state index < -0.39 is 4.92 Å². The van der Waals surface area contributed by atoms with Crippen LogP contribution in [0.4, 0.5) is 11.5 Å². The molecule has 1 aromatic rings. The number of rotatable bonds is 3. The number of halogens is 1. The number of aromatic nitrogens is 2. The minimum Gasteiger partial charge on any atom is -0.361 e. The zero-order valence-electron chi connectivity index (χ0n) is 11.0. The molecule has 0 saturated heterocycles. The Hall–Kier alpha value is -1.43. The fourth-order valence-corrected chi connectivity index (χ4v) is 4.74. The second kappa shape index (κ2) is 4.04. The fraction of sp³-hybridized carbons (Fsp3) is 0.692. The van der Waals surface area contributed by atoms with E-state index in [0.717, 1.165) is 11.8 Å². The van der Waals surface area contributed by atoms with Crippen molar-refractivity contribution >= 4 is 23.1 Å². The van der Waals surface area contributed by atoms with Crippen LogP contribution in [0.2, 0.25) is 5.28 Å². The lowest BCUT2D eigenvalue weighted by Crippen LogP contribution is -2.15. The number of nitrogens with one attached hydrogen (secondary N) is 1. The van der Waals surface area contributed by atoms with Gasteiger partial charge in [0.1, 0.15) is 5.69 Å². The molecule has 2 bridgehead atoms. The molecule has 4 rings (SSSR count). The summed E-state index contributed by atoms with van der Waals surface area (Å²) < 4.78 is 0. The van der Waals surface area contributed by atoms with Crippen molar-refractivity contribution in [3.8, 4) is 0 Å². The predicted octanol–water partition coefficient (Wildman–Crippen LogP) is 2.80. The topological polar surface area (TPSA) is 81.0 Å². The first kappa shape index (κ1) is 12.3. The standard InChI is InChI=1S/C13H15ClN4O2/c1-5-11(18(19)20)12(17-13(14)15-5)16-10-8-6-2-3-7(4-6)9(8)10/h6-10H,2-4H2,1H3,(H,15,16,17). The molecule has 6 nitrogen and oxygen atoms in total. The normalized spacial score (nSPS) is 36.8. The van der Waals surface area contributed by atoms with Gasteiger partial charge in [-0.15, -0.1) is 0 Å². The van der Waals surface area contributed by atoms with Gasteiger partial charge in [0.15, 0.2) is 0 Å². The van der Waals surface area contributed by atoms with Crippen molar-refractivity contribution in [2.75, 3.05) is 5.32 Å². The van der Waals surface area contributed by atoms with Crippen LogP contribution in [0, 0.1) is 40.7 Å². The first-order chi connectivity index (χ1) is 9.56. The molecule has 4 atom stereocenters. The third kappa shape index (κ3) is 1.63. The van der Waals surface area contributed by atoms with E-state index >= 15 is 0 Å². The number of aryl methyl sites for hydroxylation is 1. The van der Waals surface area contributed by atoms with Crippen LogP contribution in [0.15, 0.2) is 0 Å². The second-order valence-electron chi connectivity index (χ2n) is 6.19. The van der Waals surface area contributed by atoms with Crippen LogP contribution < -0.4 is 5.32 Å². The Morgan fingerprint density at radius 2 is 1.95 bits per heavy atom. The molecule has 1 heterocycles. The number of hydrogen-bond acceptors (Lipinski definition) is 5. The Kier molecular flexibility index (Phi) is 2.49. The smallest absolute Gasteiger partial charge is 0.332 e. The molecule has 20 heavy (non-hydrogen) atoms. The average Bonchev–Trinajstić information content (AvgIpc) is 2.77. The lowest BCUT2D eigenvalue weighted by molar-refractivity contribution is -0.385. The van der Waals surface area contributed by atoms with Crippen LogP contribution in [-0.2, 0) is 0 Å². The molecule has 0 aliphatic heterocycles. The summed E-state index contributed by atoms with van der Waals surface area (Å²) in [6.45, 7) is 1.59. The van der Waals surface area contributed by atoms with E-state index in [9.17, 15) is 10.1 Å². The Morgan fingerprint density at radius 1 is 1.30 bits per heavy atom.